The number of hydrogen-bond donors (Lipinski definition) is 1. The molecule has 1 aromatic heterocycles. The predicted molar refractivity (Wildman–Crippen MR) is 115 cm³/mol. The topological polar surface area (TPSA) is 78.7 Å². The van der Waals surface area contributed by atoms with Gasteiger partial charge in [0, 0.05) is 48.5 Å². The maximum absolute atomic E-state index is 12.1. The summed E-state index contributed by atoms with van der Waals surface area (Å²) in [5.41, 5.74) is 0.789. The Morgan fingerprint density at radius 2 is 2.00 bits per heavy atom. The van der Waals surface area contributed by atoms with Crippen LogP contribution in [-0.4, -0.2) is 59.4 Å². The number of thiophene rings is 1. The minimum atomic E-state index is -0.338. The lowest BCUT2D eigenvalue weighted by Crippen LogP contribution is -2.53. The van der Waals surface area contributed by atoms with Crippen LogP contribution in [0.3, 0.4) is 0 Å². The highest BCUT2D eigenvalue weighted by atomic mass is 32.1. The number of hydrogen-bond acceptors (Lipinski definition) is 6. The number of nitrogens with zero attached hydrogens (tertiary/aromatic N) is 3. The van der Waals surface area contributed by atoms with Gasteiger partial charge in [0.15, 0.2) is 0 Å². The molecule has 2 heterocycles. The van der Waals surface area contributed by atoms with E-state index in [-0.39, 0.29) is 29.1 Å². The van der Waals surface area contributed by atoms with E-state index in [2.05, 4.69) is 21.0 Å². The fraction of sp³-hybridized carbons (Fsp3) is 0.381. The Balaban J connectivity index is 1.57. The van der Waals surface area contributed by atoms with Crippen molar-refractivity contribution in [2.24, 2.45) is 0 Å². The van der Waals surface area contributed by atoms with Gasteiger partial charge in [0.25, 0.3) is 5.69 Å². The van der Waals surface area contributed by atoms with E-state index >= 15 is 0 Å². The van der Waals surface area contributed by atoms with Gasteiger partial charge in [0.05, 0.1) is 23.1 Å². The van der Waals surface area contributed by atoms with Crippen LogP contribution in [0.5, 0.6) is 0 Å². The Labute approximate surface area is 174 Å². The number of piperazine rings is 1. The molecule has 29 heavy (non-hydrogen) atoms. The normalized spacial score (nSPS) is 16.1. The lowest BCUT2D eigenvalue weighted by atomic mass is 10.1. The second kappa shape index (κ2) is 9.65. The van der Waals surface area contributed by atoms with Crippen molar-refractivity contribution in [1.29, 1.82) is 0 Å². The highest BCUT2D eigenvalue weighted by molar-refractivity contribution is 7.15. The van der Waals surface area contributed by atoms with Gasteiger partial charge in [-0.2, -0.15) is 0 Å². The minimum absolute atomic E-state index is 0.0382. The molecule has 0 saturated carbocycles. The number of carbonyl (C=O) groups is 1. The molecular formula is C21H24N4O3S. The van der Waals surface area contributed by atoms with Gasteiger partial charge in [-0.3, -0.25) is 24.7 Å². The Bertz CT molecular complexity index is 913. The summed E-state index contributed by atoms with van der Waals surface area (Å²) in [6.45, 7) is 6.32. The molecule has 1 aliphatic heterocycles. The van der Waals surface area contributed by atoms with Crippen LogP contribution < -0.4 is 5.32 Å². The van der Waals surface area contributed by atoms with Gasteiger partial charge >= 0.3 is 0 Å². The predicted octanol–water partition coefficient (Wildman–Crippen LogP) is 2.58. The molecule has 7 nitrogen and oxygen atoms in total. The first-order chi connectivity index (χ1) is 14.0. The highest BCUT2D eigenvalue weighted by Crippen LogP contribution is 2.35. The van der Waals surface area contributed by atoms with E-state index in [1.165, 1.54) is 10.9 Å². The minimum Gasteiger partial charge on any atom is -0.344 e. The van der Waals surface area contributed by atoms with Crippen molar-refractivity contribution in [3.63, 3.8) is 0 Å². The molecule has 0 radical (unpaired) electrons. The van der Waals surface area contributed by atoms with Crippen molar-refractivity contribution in [3.8, 4) is 22.8 Å². The van der Waals surface area contributed by atoms with Crippen molar-refractivity contribution < 1.29 is 9.72 Å². The van der Waals surface area contributed by atoms with Crippen LogP contribution in [0.1, 0.15) is 11.8 Å². The second-order valence-corrected chi connectivity index (χ2v) is 8.12. The van der Waals surface area contributed by atoms with E-state index in [1.54, 1.807) is 23.5 Å². The average Bonchev–Trinajstić information content (AvgIpc) is 3.20. The number of carbonyl (C=O) groups excluding carboxylic acids is 1. The quantitative estimate of drug-likeness (QED) is 0.430. The molecule has 152 valence electrons. The SMILES string of the molecule is C#CCNC(=O)[C@H](C)N1CCN(Cc2ccc(-c3ccccc3[N+](=O)[O-])s2)CC1. The number of nitrogens with one attached hydrogen (secondary N) is 1. The van der Waals surface area contributed by atoms with Crippen molar-refractivity contribution in [1.82, 2.24) is 15.1 Å². The Morgan fingerprint density at radius 3 is 2.69 bits per heavy atom. The molecule has 1 aliphatic rings. The number of rotatable bonds is 7. The zero-order valence-electron chi connectivity index (χ0n) is 16.3. The van der Waals surface area contributed by atoms with E-state index in [4.69, 9.17) is 6.42 Å². The fourth-order valence-corrected chi connectivity index (χ4v) is 4.51. The van der Waals surface area contributed by atoms with Crippen LogP contribution >= 0.6 is 11.3 Å². The summed E-state index contributed by atoms with van der Waals surface area (Å²) in [5.74, 6) is 2.38. The third-order valence-electron chi connectivity index (χ3n) is 5.11. The van der Waals surface area contributed by atoms with E-state index in [1.807, 2.05) is 25.1 Å². The molecule has 1 N–H and O–H groups in total. The molecule has 1 saturated heterocycles. The van der Waals surface area contributed by atoms with Crippen LogP contribution in [0.25, 0.3) is 10.4 Å². The molecule has 1 atom stereocenters. The van der Waals surface area contributed by atoms with E-state index in [0.717, 1.165) is 37.6 Å². The van der Waals surface area contributed by atoms with Crippen molar-refractivity contribution >= 4 is 22.9 Å². The molecule has 0 unspecified atom stereocenters. The molecule has 0 bridgehead atoms. The van der Waals surface area contributed by atoms with Gasteiger partial charge in [0.2, 0.25) is 5.91 Å². The summed E-state index contributed by atoms with van der Waals surface area (Å²) in [7, 11) is 0. The molecule has 1 fully saturated rings. The average molecular weight is 413 g/mol. The zero-order chi connectivity index (χ0) is 20.8. The summed E-state index contributed by atoms with van der Waals surface area (Å²) in [4.78, 5) is 29.6. The first kappa shape index (κ1) is 21.0. The second-order valence-electron chi connectivity index (χ2n) is 6.95. The van der Waals surface area contributed by atoms with Crippen LogP contribution in [0.2, 0.25) is 0 Å². The van der Waals surface area contributed by atoms with E-state index in [9.17, 15) is 14.9 Å². The van der Waals surface area contributed by atoms with E-state index < -0.39 is 0 Å². The summed E-state index contributed by atoms with van der Waals surface area (Å²) < 4.78 is 0. The number of terminal acetylenes is 1. The molecule has 3 rings (SSSR count). The Kier molecular flexibility index (Phi) is 6.99. The molecule has 8 heteroatoms. The number of nitro groups is 1. The molecular weight excluding hydrogens is 388 g/mol. The van der Waals surface area contributed by atoms with Gasteiger partial charge in [-0.25, -0.2) is 0 Å². The van der Waals surface area contributed by atoms with Gasteiger partial charge in [-0.1, -0.05) is 18.1 Å². The first-order valence-electron chi connectivity index (χ1n) is 9.49. The van der Waals surface area contributed by atoms with Crippen molar-refractivity contribution in [3.05, 3.63) is 51.4 Å². The summed E-state index contributed by atoms with van der Waals surface area (Å²) >= 11 is 1.59. The molecule has 1 aromatic carbocycles. The van der Waals surface area contributed by atoms with Gasteiger partial charge in [-0.05, 0) is 25.1 Å². The van der Waals surface area contributed by atoms with Crippen molar-refractivity contribution in [2.45, 2.75) is 19.5 Å². The van der Waals surface area contributed by atoms with Gasteiger partial charge < -0.3 is 5.32 Å². The van der Waals surface area contributed by atoms with Gasteiger partial charge in [-0.15, -0.1) is 17.8 Å². The fourth-order valence-electron chi connectivity index (χ4n) is 3.43. The van der Waals surface area contributed by atoms with E-state index in [0.29, 0.717) is 5.56 Å². The Morgan fingerprint density at radius 1 is 1.28 bits per heavy atom. The highest BCUT2D eigenvalue weighted by Gasteiger charge is 2.25. The number of benzene rings is 1. The zero-order valence-corrected chi connectivity index (χ0v) is 17.2. The maximum atomic E-state index is 12.1. The third kappa shape index (κ3) is 5.21. The van der Waals surface area contributed by atoms with Crippen molar-refractivity contribution in [2.75, 3.05) is 32.7 Å². The summed E-state index contributed by atoms with van der Waals surface area (Å²) in [6, 6.07) is 10.6. The molecule has 2 aromatic rings. The lowest BCUT2D eigenvalue weighted by molar-refractivity contribution is -0.384. The molecule has 1 amide bonds. The maximum Gasteiger partial charge on any atom is 0.278 e. The summed E-state index contributed by atoms with van der Waals surface area (Å²) in [6.07, 6.45) is 5.19. The largest absolute Gasteiger partial charge is 0.344 e. The first-order valence-corrected chi connectivity index (χ1v) is 10.3. The van der Waals surface area contributed by atoms with Gasteiger partial charge in [0.1, 0.15) is 0 Å². The lowest BCUT2D eigenvalue weighted by Gasteiger charge is -2.37. The monoisotopic (exact) mass is 412 g/mol. The molecule has 0 aliphatic carbocycles. The number of para-hydroxylation sites is 1. The Hall–Kier alpha value is -2.73. The standard InChI is InChI=1S/C21H24N4O3S/c1-3-10-22-21(26)16(2)24-13-11-23(12-14-24)15-17-8-9-20(29-17)18-6-4-5-7-19(18)25(27)28/h1,4-9,16H,10-15H2,2H3,(H,22,26)/t16-/m0/s1. The van der Waals surface area contributed by atoms with Crippen LogP contribution in [-0.2, 0) is 11.3 Å². The smallest absolute Gasteiger partial charge is 0.278 e. The van der Waals surface area contributed by atoms with Crippen LogP contribution in [0, 0.1) is 22.5 Å². The third-order valence-corrected chi connectivity index (χ3v) is 6.21. The number of amides is 1. The summed E-state index contributed by atoms with van der Waals surface area (Å²) in [5, 5.41) is 14.0. The van der Waals surface area contributed by atoms with Crippen LogP contribution in [0.4, 0.5) is 5.69 Å². The molecule has 0 spiro atoms. The number of nitro benzene ring substituents is 1. The van der Waals surface area contributed by atoms with Crippen LogP contribution in [0.15, 0.2) is 36.4 Å².